The van der Waals surface area contributed by atoms with Crippen LogP contribution in [-0.2, 0) is 10.0 Å². The molecule has 0 spiro atoms. The number of benzene rings is 2. The van der Waals surface area contributed by atoms with E-state index in [-0.39, 0.29) is 34.2 Å². The number of nitrogens with zero attached hydrogens (tertiary/aromatic N) is 3. The molecule has 31 heavy (non-hydrogen) atoms. The highest BCUT2D eigenvalue weighted by Crippen LogP contribution is 2.28. The number of aromatic nitrogens is 3. The molecule has 0 bridgehead atoms. The molecule has 1 aromatic heterocycles. The van der Waals surface area contributed by atoms with E-state index in [4.69, 9.17) is 4.74 Å². The van der Waals surface area contributed by atoms with Gasteiger partial charge in [-0.25, -0.2) is 22.8 Å². The largest absolute Gasteiger partial charge is 0.495 e. The van der Waals surface area contributed by atoms with Gasteiger partial charge in [0.15, 0.2) is 0 Å². The summed E-state index contributed by atoms with van der Waals surface area (Å²) in [5.74, 6) is -0.181. The van der Waals surface area contributed by atoms with Gasteiger partial charge in [0.25, 0.3) is 5.91 Å². The summed E-state index contributed by atoms with van der Waals surface area (Å²) < 4.78 is 34.8. The number of nitrogens with one attached hydrogen (secondary N) is 2. The van der Waals surface area contributed by atoms with Crippen molar-refractivity contribution in [2.24, 2.45) is 0 Å². The molecular weight excluding hydrogens is 418 g/mol. The Kier molecular flexibility index (Phi) is 5.75. The lowest BCUT2D eigenvalue weighted by atomic mass is 10.1. The third kappa shape index (κ3) is 4.75. The van der Waals surface area contributed by atoms with Crippen LogP contribution in [0.1, 0.15) is 41.7 Å². The highest BCUT2D eigenvalue weighted by molar-refractivity contribution is 7.89. The zero-order valence-corrected chi connectivity index (χ0v) is 18.0. The van der Waals surface area contributed by atoms with Crippen molar-refractivity contribution in [1.82, 2.24) is 24.8 Å². The van der Waals surface area contributed by atoms with Crippen molar-refractivity contribution in [2.75, 3.05) is 7.11 Å². The molecule has 9 nitrogen and oxygen atoms in total. The molecule has 0 unspecified atom stereocenters. The Labute approximate surface area is 180 Å². The van der Waals surface area contributed by atoms with Crippen LogP contribution in [0.3, 0.4) is 0 Å². The quantitative estimate of drug-likeness (QED) is 0.554. The standard InChI is InChI=1S/C21H23N5O4S/c1-14(15-3-8-18(9-4-15)26-13-22-12-23-26)24-21(27)16-5-10-19(30-2)20(11-16)31(28,29)25-17-6-7-17/h3-5,8-14,17,25H,6-7H2,1-2H3,(H,24,27)/t14-/m0/s1. The summed E-state index contributed by atoms with van der Waals surface area (Å²) in [7, 11) is -2.37. The van der Waals surface area contributed by atoms with E-state index in [0.717, 1.165) is 24.1 Å². The number of hydrogen-bond acceptors (Lipinski definition) is 6. The first-order valence-corrected chi connectivity index (χ1v) is 11.3. The molecule has 1 saturated carbocycles. The van der Waals surface area contributed by atoms with E-state index in [2.05, 4.69) is 20.1 Å². The molecule has 1 fully saturated rings. The lowest BCUT2D eigenvalue weighted by Gasteiger charge is -2.16. The summed E-state index contributed by atoms with van der Waals surface area (Å²) in [5.41, 5.74) is 1.99. The van der Waals surface area contributed by atoms with Crippen molar-refractivity contribution in [1.29, 1.82) is 0 Å². The number of carbonyl (C=O) groups excluding carboxylic acids is 1. The summed E-state index contributed by atoms with van der Waals surface area (Å²) in [6.07, 6.45) is 4.69. The van der Waals surface area contributed by atoms with Gasteiger partial charge in [0.2, 0.25) is 10.0 Å². The smallest absolute Gasteiger partial charge is 0.251 e. The normalized spacial score (nSPS) is 14.8. The van der Waals surface area contributed by atoms with Crippen LogP contribution in [0.4, 0.5) is 0 Å². The van der Waals surface area contributed by atoms with Gasteiger partial charge in [0.05, 0.1) is 18.8 Å². The molecule has 1 amide bonds. The third-order valence-corrected chi connectivity index (χ3v) is 6.58. The van der Waals surface area contributed by atoms with E-state index >= 15 is 0 Å². The fourth-order valence-electron chi connectivity index (χ4n) is 3.13. The van der Waals surface area contributed by atoms with Gasteiger partial charge in [-0.15, -0.1) is 0 Å². The maximum atomic E-state index is 12.8. The average molecular weight is 442 g/mol. The minimum absolute atomic E-state index is 0.0422. The van der Waals surface area contributed by atoms with Gasteiger partial charge in [0.1, 0.15) is 23.3 Å². The molecule has 1 aliphatic rings. The second-order valence-electron chi connectivity index (χ2n) is 7.39. The first-order chi connectivity index (χ1) is 14.9. The molecule has 1 heterocycles. The summed E-state index contributed by atoms with van der Waals surface area (Å²) in [6.45, 7) is 1.86. The van der Waals surface area contributed by atoms with Crippen molar-refractivity contribution < 1.29 is 17.9 Å². The summed E-state index contributed by atoms with van der Waals surface area (Å²) in [5, 5.41) is 6.99. The van der Waals surface area contributed by atoms with Gasteiger partial charge in [-0.2, -0.15) is 5.10 Å². The van der Waals surface area contributed by atoms with E-state index in [1.165, 1.54) is 25.6 Å². The van der Waals surface area contributed by atoms with Crippen LogP contribution in [0, 0.1) is 0 Å². The minimum atomic E-state index is -3.77. The summed E-state index contributed by atoms with van der Waals surface area (Å²) >= 11 is 0. The Balaban J connectivity index is 1.50. The van der Waals surface area contributed by atoms with Crippen LogP contribution in [0.2, 0.25) is 0 Å². The van der Waals surface area contributed by atoms with E-state index in [1.807, 2.05) is 31.2 Å². The summed E-state index contributed by atoms with van der Waals surface area (Å²) in [6, 6.07) is 11.6. The van der Waals surface area contributed by atoms with Gasteiger partial charge in [-0.3, -0.25) is 4.79 Å². The molecule has 2 N–H and O–H groups in total. The number of sulfonamides is 1. The van der Waals surface area contributed by atoms with E-state index in [9.17, 15) is 13.2 Å². The Bertz CT molecular complexity index is 1170. The Morgan fingerprint density at radius 1 is 1.19 bits per heavy atom. The molecule has 4 rings (SSSR count). The van der Waals surface area contributed by atoms with Crippen LogP contribution in [-0.4, -0.2) is 42.2 Å². The van der Waals surface area contributed by atoms with Crippen molar-refractivity contribution in [3.63, 3.8) is 0 Å². The number of rotatable bonds is 8. The van der Waals surface area contributed by atoms with Crippen LogP contribution in [0.15, 0.2) is 60.0 Å². The zero-order valence-electron chi connectivity index (χ0n) is 17.1. The van der Waals surface area contributed by atoms with Gasteiger partial charge in [-0.05, 0) is 55.7 Å². The first-order valence-electron chi connectivity index (χ1n) is 9.83. The fourth-order valence-corrected chi connectivity index (χ4v) is 4.63. The average Bonchev–Trinajstić information content (AvgIpc) is 3.39. The molecule has 3 aromatic rings. The predicted octanol–water partition coefficient (Wildman–Crippen LogP) is 2.21. The van der Waals surface area contributed by atoms with Gasteiger partial charge in [-0.1, -0.05) is 12.1 Å². The molecule has 0 radical (unpaired) electrons. The molecule has 1 aliphatic carbocycles. The highest BCUT2D eigenvalue weighted by atomic mass is 32.2. The van der Waals surface area contributed by atoms with Gasteiger partial charge < -0.3 is 10.1 Å². The van der Waals surface area contributed by atoms with Crippen molar-refractivity contribution in [3.8, 4) is 11.4 Å². The predicted molar refractivity (Wildman–Crippen MR) is 114 cm³/mol. The third-order valence-electron chi connectivity index (χ3n) is 5.04. The molecule has 0 saturated heterocycles. The molecular formula is C21H23N5O4S. The lowest BCUT2D eigenvalue weighted by Crippen LogP contribution is -2.28. The van der Waals surface area contributed by atoms with Crippen LogP contribution >= 0.6 is 0 Å². The first kappa shape index (κ1) is 21.0. The van der Waals surface area contributed by atoms with Crippen LogP contribution < -0.4 is 14.8 Å². The highest BCUT2D eigenvalue weighted by Gasteiger charge is 2.30. The number of carbonyl (C=O) groups is 1. The van der Waals surface area contributed by atoms with Crippen molar-refractivity contribution in [3.05, 3.63) is 66.2 Å². The van der Waals surface area contributed by atoms with Gasteiger partial charge in [0, 0.05) is 11.6 Å². The lowest BCUT2D eigenvalue weighted by molar-refractivity contribution is 0.0939. The maximum Gasteiger partial charge on any atom is 0.251 e. The fraction of sp³-hybridized carbons (Fsp3) is 0.286. The Morgan fingerprint density at radius 3 is 2.55 bits per heavy atom. The Morgan fingerprint density at radius 2 is 1.94 bits per heavy atom. The molecule has 1 atom stereocenters. The maximum absolute atomic E-state index is 12.8. The van der Waals surface area contributed by atoms with E-state index in [0.29, 0.717) is 0 Å². The molecule has 0 aliphatic heterocycles. The number of amides is 1. The van der Waals surface area contributed by atoms with Crippen LogP contribution in [0.25, 0.3) is 5.69 Å². The summed E-state index contributed by atoms with van der Waals surface area (Å²) in [4.78, 5) is 16.7. The number of hydrogen-bond donors (Lipinski definition) is 2. The van der Waals surface area contributed by atoms with Crippen molar-refractivity contribution in [2.45, 2.75) is 36.7 Å². The zero-order chi connectivity index (χ0) is 22.0. The van der Waals surface area contributed by atoms with E-state index < -0.39 is 10.0 Å². The van der Waals surface area contributed by atoms with Crippen LogP contribution in [0.5, 0.6) is 5.75 Å². The monoisotopic (exact) mass is 441 g/mol. The molecule has 2 aromatic carbocycles. The van der Waals surface area contributed by atoms with E-state index in [1.54, 1.807) is 17.1 Å². The SMILES string of the molecule is COc1ccc(C(=O)N[C@@H](C)c2ccc(-n3cncn3)cc2)cc1S(=O)(=O)NC1CC1. The Hall–Kier alpha value is -3.24. The number of methoxy groups -OCH3 is 1. The topological polar surface area (TPSA) is 115 Å². The second kappa shape index (κ2) is 8.48. The van der Waals surface area contributed by atoms with Gasteiger partial charge >= 0.3 is 0 Å². The number of ether oxygens (including phenoxy) is 1. The van der Waals surface area contributed by atoms with Crippen molar-refractivity contribution >= 4 is 15.9 Å². The second-order valence-corrected chi connectivity index (χ2v) is 9.07. The minimum Gasteiger partial charge on any atom is -0.495 e. The molecule has 162 valence electrons. The molecule has 10 heteroatoms.